The number of nitrogens with zero attached hydrogens (tertiary/aromatic N) is 2. The molecule has 0 radical (unpaired) electrons. The topological polar surface area (TPSA) is 19.6 Å². The molecule has 60 heavy (non-hydrogen) atoms. The molecule has 0 fully saturated rings. The van der Waals surface area contributed by atoms with E-state index in [0.29, 0.717) is 0 Å². The van der Waals surface area contributed by atoms with Gasteiger partial charge in [0.25, 0.3) is 0 Å². The number of rotatable bonds is 9. The van der Waals surface area contributed by atoms with Crippen LogP contribution in [0.2, 0.25) is 0 Å². The van der Waals surface area contributed by atoms with Gasteiger partial charge in [0, 0.05) is 54.4 Å². The van der Waals surface area contributed by atoms with Gasteiger partial charge in [-0.3, -0.25) is 0 Å². The molecule has 3 nitrogen and oxygen atoms in total. The maximum Gasteiger partial charge on any atom is 0.138 e. The molecule has 4 heteroatoms. The van der Waals surface area contributed by atoms with Crippen molar-refractivity contribution >= 4 is 93.6 Å². The summed E-state index contributed by atoms with van der Waals surface area (Å²) in [6, 6.07) is 75.7. The molecule has 0 aliphatic carbocycles. The van der Waals surface area contributed by atoms with Crippen molar-refractivity contribution < 1.29 is 4.42 Å². The van der Waals surface area contributed by atoms with E-state index in [0.717, 1.165) is 72.8 Å². The largest absolute Gasteiger partial charge is 0.456 e. The Bertz CT molecular complexity index is 3300. The van der Waals surface area contributed by atoms with Crippen molar-refractivity contribution in [3.8, 4) is 22.3 Å². The van der Waals surface area contributed by atoms with Crippen LogP contribution in [-0.4, -0.2) is 0 Å². The van der Waals surface area contributed by atoms with Gasteiger partial charge in [0.2, 0.25) is 0 Å². The predicted molar refractivity (Wildman–Crippen MR) is 257 cm³/mol. The van der Waals surface area contributed by atoms with Crippen LogP contribution in [0.5, 0.6) is 0 Å². The molecule has 0 amide bonds. The van der Waals surface area contributed by atoms with E-state index >= 15 is 0 Å². The van der Waals surface area contributed by atoms with Gasteiger partial charge in [-0.05, 0) is 119 Å². The highest BCUT2D eigenvalue weighted by molar-refractivity contribution is 7.25. The summed E-state index contributed by atoms with van der Waals surface area (Å²) in [5.41, 5.74) is 13.7. The van der Waals surface area contributed by atoms with Crippen LogP contribution in [0.1, 0.15) is 5.56 Å². The fourth-order valence-electron chi connectivity index (χ4n) is 8.61. The number of hydrogen-bond acceptors (Lipinski definition) is 4. The van der Waals surface area contributed by atoms with E-state index in [4.69, 9.17) is 4.42 Å². The van der Waals surface area contributed by atoms with Crippen molar-refractivity contribution in [2.75, 3.05) is 9.80 Å². The molecule has 0 atom stereocenters. The highest BCUT2D eigenvalue weighted by Gasteiger charge is 2.24. The number of para-hydroxylation sites is 3. The molecular weight excluding hydrogens is 749 g/mol. The van der Waals surface area contributed by atoms with Crippen molar-refractivity contribution in [1.82, 2.24) is 0 Å². The Morgan fingerprint density at radius 2 is 0.983 bits per heavy atom. The van der Waals surface area contributed by atoms with Gasteiger partial charge >= 0.3 is 0 Å². The molecule has 0 bridgehead atoms. The molecule has 9 aromatic carbocycles. The zero-order valence-electron chi connectivity index (χ0n) is 32.7. The molecule has 2 heterocycles. The van der Waals surface area contributed by atoms with Crippen LogP contribution < -0.4 is 9.80 Å². The zero-order valence-corrected chi connectivity index (χ0v) is 33.5. The molecule has 0 unspecified atom stereocenters. The highest BCUT2D eigenvalue weighted by atomic mass is 32.1. The van der Waals surface area contributed by atoms with Gasteiger partial charge in [0.1, 0.15) is 11.2 Å². The summed E-state index contributed by atoms with van der Waals surface area (Å²) < 4.78 is 9.49. The third kappa shape index (κ3) is 6.22. The molecule has 0 spiro atoms. The first-order chi connectivity index (χ1) is 29.7. The van der Waals surface area contributed by atoms with Gasteiger partial charge in [-0.25, -0.2) is 0 Å². The Labute approximate surface area is 352 Å². The molecule has 0 aliphatic rings. The van der Waals surface area contributed by atoms with Crippen LogP contribution in [-0.2, 0) is 0 Å². The van der Waals surface area contributed by atoms with Gasteiger partial charge in [0.05, 0.1) is 16.8 Å². The molecule has 11 aromatic rings. The van der Waals surface area contributed by atoms with Crippen molar-refractivity contribution in [3.05, 3.63) is 224 Å². The van der Waals surface area contributed by atoms with E-state index in [-0.39, 0.29) is 0 Å². The number of fused-ring (bicyclic) bond motifs is 6. The summed E-state index contributed by atoms with van der Waals surface area (Å²) in [7, 11) is 0. The Kier molecular flexibility index (Phi) is 8.84. The second-order valence-electron chi connectivity index (χ2n) is 15.0. The van der Waals surface area contributed by atoms with Crippen molar-refractivity contribution in [2.24, 2.45) is 0 Å². The minimum Gasteiger partial charge on any atom is -0.456 e. The van der Waals surface area contributed by atoms with Gasteiger partial charge in [-0.15, -0.1) is 11.3 Å². The van der Waals surface area contributed by atoms with Crippen LogP contribution in [0, 0.1) is 0 Å². The normalized spacial score (nSPS) is 11.4. The smallest absolute Gasteiger partial charge is 0.138 e. The van der Waals surface area contributed by atoms with Gasteiger partial charge in [-0.2, -0.15) is 0 Å². The molecular formula is C56H38N2OS. The second-order valence-corrected chi connectivity index (χ2v) is 16.1. The average molecular weight is 787 g/mol. The SMILES string of the molecule is C=Cc1cccc(-c2ccc3sc4ccc(N(c5ccccc5)c5cc(-c6ccccc6)c6c(c5)oc5cccc(N(c7ccccc7)c7ccccc7)c56)cc4c3c2)c1. The molecule has 0 N–H and O–H groups in total. The van der Waals surface area contributed by atoms with E-state index in [9.17, 15) is 0 Å². The first-order valence-corrected chi connectivity index (χ1v) is 21.0. The summed E-state index contributed by atoms with van der Waals surface area (Å²) in [4.78, 5) is 4.69. The maximum absolute atomic E-state index is 6.97. The second kappa shape index (κ2) is 14.9. The van der Waals surface area contributed by atoms with E-state index in [1.807, 2.05) is 17.4 Å². The molecule has 0 saturated carbocycles. The van der Waals surface area contributed by atoms with Gasteiger partial charge < -0.3 is 14.2 Å². The lowest BCUT2D eigenvalue weighted by molar-refractivity contribution is 0.669. The number of thiophene rings is 1. The van der Waals surface area contributed by atoms with Gasteiger partial charge in [0.15, 0.2) is 0 Å². The van der Waals surface area contributed by atoms with E-state index in [1.54, 1.807) is 0 Å². The van der Waals surface area contributed by atoms with Crippen molar-refractivity contribution in [3.63, 3.8) is 0 Å². The predicted octanol–water partition coefficient (Wildman–Crippen LogP) is 16.9. The Hall–Kier alpha value is -7.66. The number of hydrogen-bond donors (Lipinski definition) is 0. The first-order valence-electron chi connectivity index (χ1n) is 20.2. The summed E-state index contributed by atoms with van der Waals surface area (Å²) >= 11 is 1.84. The van der Waals surface area contributed by atoms with Crippen LogP contribution in [0.15, 0.2) is 223 Å². The molecule has 2 aromatic heterocycles. The minimum atomic E-state index is 0.823. The van der Waals surface area contributed by atoms with E-state index in [2.05, 4.69) is 229 Å². The van der Waals surface area contributed by atoms with Crippen molar-refractivity contribution in [2.45, 2.75) is 0 Å². The van der Waals surface area contributed by atoms with E-state index in [1.165, 1.54) is 31.3 Å². The lowest BCUT2D eigenvalue weighted by atomic mass is 9.97. The average Bonchev–Trinajstić information content (AvgIpc) is 3.88. The summed E-state index contributed by atoms with van der Waals surface area (Å²) in [5.74, 6) is 0. The monoisotopic (exact) mass is 786 g/mol. The lowest BCUT2D eigenvalue weighted by Gasteiger charge is -2.27. The Morgan fingerprint density at radius 1 is 0.400 bits per heavy atom. The van der Waals surface area contributed by atoms with E-state index < -0.39 is 0 Å². The fraction of sp³-hybridized carbons (Fsp3) is 0. The van der Waals surface area contributed by atoms with Gasteiger partial charge in [-0.1, -0.05) is 128 Å². The number of furan rings is 1. The summed E-state index contributed by atoms with van der Waals surface area (Å²) in [5, 5.41) is 4.62. The summed E-state index contributed by atoms with van der Waals surface area (Å²) in [6.45, 7) is 4.00. The van der Waals surface area contributed by atoms with Crippen LogP contribution in [0.3, 0.4) is 0 Å². The maximum atomic E-state index is 6.97. The standard InChI is InChI=1S/C56H38N2OS/c1-2-38-17-15-20-40(33-38)41-29-31-53-48(34-41)49-35-45(30-32-54(49)60-53)57(42-21-9-4-10-22-42)46-36-47(39-18-7-3-8-19-39)55-52(37-46)59-51-28-16-27-50(56(51)55)58(43-23-11-5-12-24-43)44-25-13-6-14-26-44/h2-37H,1H2. The fourth-order valence-corrected chi connectivity index (χ4v) is 9.68. The third-order valence-corrected chi connectivity index (χ3v) is 12.5. The Balaban J connectivity index is 1.14. The number of benzene rings is 9. The zero-order chi connectivity index (χ0) is 40.0. The number of anilines is 6. The molecule has 284 valence electrons. The minimum absolute atomic E-state index is 0.823. The molecule has 0 saturated heterocycles. The molecule has 0 aliphatic heterocycles. The quantitative estimate of drug-likeness (QED) is 0.145. The van der Waals surface area contributed by atoms with Crippen LogP contribution >= 0.6 is 11.3 Å². The summed E-state index contributed by atoms with van der Waals surface area (Å²) in [6.07, 6.45) is 1.90. The Morgan fingerprint density at radius 3 is 1.67 bits per heavy atom. The third-order valence-electron chi connectivity index (χ3n) is 11.4. The van der Waals surface area contributed by atoms with Crippen molar-refractivity contribution in [1.29, 1.82) is 0 Å². The highest BCUT2D eigenvalue weighted by Crippen LogP contribution is 2.49. The first kappa shape index (κ1) is 35.5. The molecule has 11 rings (SSSR count). The van der Waals surface area contributed by atoms with Crippen LogP contribution in [0.4, 0.5) is 34.1 Å². The van der Waals surface area contributed by atoms with Crippen LogP contribution in [0.25, 0.3) is 70.4 Å². The lowest BCUT2D eigenvalue weighted by Crippen LogP contribution is -2.10.